The van der Waals surface area contributed by atoms with Crippen molar-refractivity contribution in [2.75, 3.05) is 23.8 Å². The van der Waals surface area contributed by atoms with Crippen molar-refractivity contribution in [3.63, 3.8) is 0 Å². The maximum atomic E-state index is 12.0. The number of hydrogen-bond acceptors (Lipinski definition) is 3. The number of thioether (sulfide) groups is 1. The van der Waals surface area contributed by atoms with Crippen LogP contribution in [-0.2, 0) is 0 Å². The lowest BCUT2D eigenvalue weighted by molar-refractivity contribution is 0.0947. The minimum atomic E-state index is -0.131. The van der Waals surface area contributed by atoms with Crippen LogP contribution in [0.4, 0.5) is 5.69 Å². The Hall–Kier alpha value is -0.870. The van der Waals surface area contributed by atoms with Gasteiger partial charge in [-0.1, -0.05) is 11.6 Å². The number of nitrogens with two attached hydrogens (primary N) is 1. The van der Waals surface area contributed by atoms with Gasteiger partial charge in [-0.15, -0.1) is 0 Å². The molecule has 0 aliphatic carbocycles. The maximum absolute atomic E-state index is 12.0. The van der Waals surface area contributed by atoms with E-state index in [1.807, 2.05) is 11.8 Å². The van der Waals surface area contributed by atoms with E-state index in [2.05, 4.69) is 5.32 Å². The summed E-state index contributed by atoms with van der Waals surface area (Å²) in [6, 6.07) is 4.96. The van der Waals surface area contributed by atoms with E-state index in [-0.39, 0.29) is 5.91 Å². The van der Waals surface area contributed by atoms with Crippen LogP contribution < -0.4 is 11.1 Å². The molecule has 0 aromatic heterocycles. The zero-order valence-electron chi connectivity index (χ0n) is 10.1. The number of benzene rings is 1. The van der Waals surface area contributed by atoms with Crippen LogP contribution in [0.15, 0.2) is 18.2 Å². The third-order valence-electron chi connectivity index (χ3n) is 3.15. The van der Waals surface area contributed by atoms with Crippen LogP contribution in [0.1, 0.15) is 23.2 Å². The molecule has 0 atom stereocenters. The van der Waals surface area contributed by atoms with Crippen LogP contribution in [0, 0.1) is 5.92 Å². The Morgan fingerprint density at radius 2 is 2.17 bits per heavy atom. The molecule has 1 heterocycles. The van der Waals surface area contributed by atoms with Gasteiger partial charge in [-0.05, 0) is 48.5 Å². The molecule has 98 valence electrons. The first kappa shape index (κ1) is 13.6. The Bertz CT molecular complexity index is 433. The largest absolute Gasteiger partial charge is 0.398 e. The van der Waals surface area contributed by atoms with Gasteiger partial charge >= 0.3 is 0 Å². The Balaban J connectivity index is 1.92. The maximum Gasteiger partial charge on any atom is 0.253 e. The van der Waals surface area contributed by atoms with Gasteiger partial charge in [0.2, 0.25) is 0 Å². The topological polar surface area (TPSA) is 55.1 Å². The zero-order valence-corrected chi connectivity index (χ0v) is 11.7. The van der Waals surface area contributed by atoms with E-state index in [1.54, 1.807) is 18.2 Å². The molecule has 0 saturated carbocycles. The Labute approximate surface area is 116 Å². The molecule has 0 bridgehead atoms. The van der Waals surface area contributed by atoms with Gasteiger partial charge < -0.3 is 11.1 Å². The monoisotopic (exact) mass is 284 g/mol. The molecular weight excluding hydrogens is 268 g/mol. The van der Waals surface area contributed by atoms with Gasteiger partial charge in [-0.25, -0.2) is 0 Å². The predicted molar refractivity (Wildman–Crippen MR) is 78.2 cm³/mol. The van der Waals surface area contributed by atoms with Gasteiger partial charge in [-0.2, -0.15) is 11.8 Å². The number of nitrogens with one attached hydrogen (secondary N) is 1. The van der Waals surface area contributed by atoms with E-state index in [4.69, 9.17) is 17.3 Å². The van der Waals surface area contributed by atoms with E-state index in [1.165, 1.54) is 24.3 Å². The van der Waals surface area contributed by atoms with Crippen LogP contribution >= 0.6 is 23.4 Å². The number of anilines is 1. The summed E-state index contributed by atoms with van der Waals surface area (Å²) in [6.45, 7) is 0.728. The summed E-state index contributed by atoms with van der Waals surface area (Å²) < 4.78 is 0. The minimum Gasteiger partial charge on any atom is -0.398 e. The number of nitrogen functional groups attached to an aromatic ring is 1. The fourth-order valence-corrected chi connectivity index (χ4v) is 3.38. The van der Waals surface area contributed by atoms with Gasteiger partial charge in [0.1, 0.15) is 0 Å². The Morgan fingerprint density at radius 1 is 1.44 bits per heavy atom. The number of carbonyl (C=O) groups excluding carboxylic acids is 1. The number of amides is 1. The molecule has 1 aromatic rings. The van der Waals surface area contributed by atoms with E-state index in [9.17, 15) is 4.79 Å². The van der Waals surface area contributed by atoms with Crippen LogP contribution in [0.2, 0.25) is 5.02 Å². The lowest BCUT2D eigenvalue weighted by Crippen LogP contribution is -2.31. The van der Waals surface area contributed by atoms with Gasteiger partial charge in [0.05, 0.1) is 5.56 Å². The molecular formula is C13H17ClN2OS. The average molecular weight is 285 g/mol. The molecule has 18 heavy (non-hydrogen) atoms. The van der Waals surface area contributed by atoms with E-state index < -0.39 is 0 Å². The van der Waals surface area contributed by atoms with Gasteiger partial charge in [0, 0.05) is 17.3 Å². The normalized spacial score (nSPS) is 16.5. The standard InChI is InChI=1S/C13H17ClN2OS/c14-10-1-2-12(15)11(7-10)13(17)16-8-9-3-5-18-6-4-9/h1-2,7,9H,3-6,8,15H2,(H,16,17). The van der Waals surface area contributed by atoms with E-state index >= 15 is 0 Å². The first-order valence-electron chi connectivity index (χ1n) is 6.08. The molecule has 3 nitrogen and oxygen atoms in total. The van der Waals surface area contributed by atoms with Gasteiger partial charge in [0.15, 0.2) is 0 Å². The van der Waals surface area contributed by atoms with Crippen molar-refractivity contribution in [2.24, 2.45) is 5.92 Å². The lowest BCUT2D eigenvalue weighted by Gasteiger charge is -2.21. The average Bonchev–Trinajstić information content (AvgIpc) is 2.40. The van der Waals surface area contributed by atoms with Crippen molar-refractivity contribution in [3.05, 3.63) is 28.8 Å². The molecule has 1 saturated heterocycles. The number of carbonyl (C=O) groups is 1. The highest BCUT2D eigenvalue weighted by Crippen LogP contribution is 2.22. The fraction of sp³-hybridized carbons (Fsp3) is 0.462. The van der Waals surface area contributed by atoms with Crippen LogP contribution in [0.3, 0.4) is 0 Å². The van der Waals surface area contributed by atoms with Crippen molar-refractivity contribution < 1.29 is 4.79 Å². The second kappa shape index (κ2) is 6.34. The smallest absolute Gasteiger partial charge is 0.253 e. The summed E-state index contributed by atoms with van der Waals surface area (Å²) in [5.74, 6) is 2.85. The number of hydrogen-bond donors (Lipinski definition) is 2. The Morgan fingerprint density at radius 3 is 2.89 bits per heavy atom. The van der Waals surface area contributed by atoms with Gasteiger partial charge in [-0.3, -0.25) is 4.79 Å². The van der Waals surface area contributed by atoms with Crippen LogP contribution in [0.5, 0.6) is 0 Å². The van der Waals surface area contributed by atoms with Crippen molar-refractivity contribution in [1.82, 2.24) is 5.32 Å². The molecule has 1 aliphatic rings. The highest BCUT2D eigenvalue weighted by Gasteiger charge is 2.16. The van der Waals surface area contributed by atoms with E-state index in [0.717, 1.165) is 6.54 Å². The minimum absolute atomic E-state index is 0.131. The summed E-state index contributed by atoms with van der Waals surface area (Å²) in [7, 11) is 0. The third-order valence-corrected chi connectivity index (χ3v) is 4.44. The second-order valence-corrected chi connectivity index (χ2v) is 6.16. The highest BCUT2D eigenvalue weighted by molar-refractivity contribution is 7.99. The quantitative estimate of drug-likeness (QED) is 0.839. The number of halogens is 1. The van der Waals surface area contributed by atoms with Crippen LogP contribution in [-0.4, -0.2) is 24.0 Å². The van der Waals surface area contributed by atoms with Crippen molar-refractivity contribution in [1.29, 1.82) is 0 Å². The first-order chi connectivity index (χ1) is 8.66. The summed E-state index contributed by atoms with van der Waals surface area (Å²) in [5, 5.41) is 3.48. The van der Waals surface area contributed by atoms with Crippen molar-refractivity contribution in [3.8, 4) is 0 Å². The fourth-order valence-electron chi connectivity index (χ4n) is 2.01. The molecule has 1 aromatic carbocycles. The molecule has 3 N–H and O–H groups in total. The molecule has 0 unspecified atom stereocenters. The van der Waals surface area contributed by atoms with E-state index in [0.29, 0.717) is 22.2 Å². The SMILES string of the molecule is Nc1ccc(Cl)cc1C(=O)NCC1CCSCC1. The molecule has 2 rings (SSSR count). The Kier molecular flexibility index (Phi) is 4.78. The predicted octanol–water partition coefficient (Wildman–Crippen LogP) is 2.80. The van der Waals surface area contributed by atoms with Gasteiger partial charge in [0.25, 0.3) is 5.91 Å². The molecule has 0 spiro atoms. The highest BCUT2D eigenvalue weighted by atomic mass is 35.5. The first-order valence-corrected chi connectivity index (χ1v) is 7.61. The zero-order chi connectivity index (χ0) is 13.0. The molecule has 5 heteroatoms. The summed E-state index contributed by atoms with van der Waals surface area (Å²) in [4.78, 5) is 12.0. The molecule has 0 radical (unpaired) electrons. The summed E-state index contributed by atoms with van der Waals surface area (Å²) in [6.07, 6.45) is 2.35. The number of rotatable bonds is 3. The lowest BCUT2D eigenvalue weighted by atomic mass is 10.0. The molecule has 1 fully saturated rings. The summed E-state index contributed by atoms with van der Waals surface area (Å²) >= 11 is 7.85. The summed E-state index contributed by atoms with van der Waals surface area (Å²) in [5.41, 5.74) is 6.71. The third kappa shape index (κ3) is 3.56. The van der Waals surface area contributed by atoms with Crippen molar-refractivity contribution >= 4 is 35.0 Å². The molecule has 1 amide bonds. The second-order valence-electron chi connectivity index (χ2n) is 4.50. The van der Waals surface area contributed by atoms with Crippen LogP contribution in [0.25, 0.3) is 0 Å². The molecule has 1 aliphatic heterocycles. The van der Waals surface area contributed by atoms with Crippen molar-refractivity contribution in [2.45, 2.75) is 12.8 Å².